The summed E-state index contributed by atoms with van der Waals surface area (Å²) in [6, 6.07) is 0.682. The summed E-state index contributed by atoms with van der Waals surface area (Å²) in [4.78, 5) is 0. The van der Waals surface area contributed by atoms with E-state index in [4.69, 9.17) is 0 Å². The fraction of sp³-hybridized carbons (Fsp3) is 0.909. The van der Waals surface area contributed by atoms with E-state index >= 15 is 0 Å². The van der Waals surface area contributed by atoms with E-state index in [9.17, 15) is 0 Å². The second-order valence-electron chi connectivity index (χ2n) is 4.67. The maximum absolute atomic E-state index is 4.18. The summed E-state index contributed by atoms with van der Waals surface area (Å²) in [5, 5.41) is 16.1. The first-order chi connectivity index (χ1) is 8.26. The molecule has 3 atom stereocenters. The lowest BCUT2D eigenvalue weighted by atomic mass is 9.95. The Balaban J connectivity index is 2.13. The Morgan fingerprint density at radius 1 is 1.47 bits per heavy atom. The lowest BCUT2D eigenvalue weighted by Crippen LogP contribution is -2.26. The largest absolute Gasteiger partial charge is 0.311 e. The van der Waals surface area contributed by atoms with Crippen LogP contribution < -0.4 is 5.32 Å². The molecule has 0 bridgehead atoms. The third-order valence-electron chi connectivity index (χ3n) is 3.62. The first-order valence-electron chi connectivity index (χ1n) is 6.24. The topological polar surface area (TPSA) is 55.6 Å². The van der Waals surface area contributed by atoms with Gasteiger partial charge in [-0.15, -0.1) is 5.10 Å². The van der Waals surface area contributed by atoms with Gasteiger partial charge in [0.15, 0.2) is 5.82 Å². The summed E-state index contributed by atoms with van der Waals surface area (Å²) in [6.07, 6.45) is 7.20. The van der Waals surface area contributed by atoms with Gasteiger partial charge in [-0.2, -0.15) is 11.8 Å². The molecule has 1 saturated carbocycles. The van der Waals surface area contributed by atoms with Crippen molar-refractivity contribution in [3.63, 3.8) is 0 Å². The van der Waals surface area contributed by atoms with Crippen LogP contribution in [0.4, 0.5) is 0 Å². The Kier molecular flexibility index (Phi) is 4.39. The molecule has 1 heterocycles. The molecular weight excluding hydrogens is 234 g/mol. The van der Waals surface area contributed by atoms with Gasteiger partial charge >= 0.3 is 0 Å². The van der Waals surface area contributed by atoms with Crippen LogP contribution in [0.5, 0.6) is 0 Å². The predicted molar refractivity (Wildman–Crippen MR) is 70.1 cm³/mol. The average Bonchev–Trinajstić information content (AvgIpc) is 2.87. The molecular formula is C11H21N5S. The lowest BCUT2D eigenvalue weighted by molar-refractivity contribution is 0.316. The van der Waals surface area contributed by atoms with E-state index in [1.165, 1.54) is 25.7 Å². The minimum atomic E-state index is 0.208. The molecule has 1 aliphatic rings. The molecule has 0 radical (unpaired) electrons. The molecule has 1 aromatic heterocycles. The number of hydrogen-bond donors (Lipinski definition) is 1. The second kappa shape index (κ2) is 5.82. The van der Waals surface area contributed by atoms with Gasteiger partial charge < -0.3 is 5.32 Å². The Morgan fingerprint density at radius 3 is 3.00 bits per heavy atom. The number of tetrazole rings is 1. The molecule has 0 spiro atoms. The quantitative estimate of drug-likeness (QED) is 0.889. The molecule has 96 valence electrons. The fourth-order valence-electron chi connectivity index (χ4n) is 2.43. The van der Waals surface area contributed by atoms with E-state index in [-0.39, 0.29) is 6.04 Å². The minimum absolute atomic E-state index is 0.208. The summed E-state index contributed by atoms with van der Waals surface area (Å²) >= 11 is 1.97. The standard InChI is InChI=1S/C11H21N5S/c1-8(12-2)11-13-14-15-16(11)9-5-4-6-10(7-9)17-3/h8-10,12H,4-7H2,1-3H3. The number of rotatable bonds is 4. The van der Waals surface area contributed by atoms with Gasteiger partial charge in [-0.25, -0.2) is 4.68 Å². The zero-order valence-corrected chi connectivity index (χ0v) is 11.6. The van der Waals surface area contributed by atoms with Crippen molar-refractivity contribution < 1.29 is 0 Å². The highest BCUT2D eigenvalue weighted by Gasteiger charge is 2.26. The van der Waals surface area contributed by atoms with Crippen molar-refractivity contribution in [2.75, 3.05) is 13.3 Å². The zero-order chi connectivity index (χ0) is 12.3. The molecule has 0 aliphatic heterocycles. The smallest absolute Gasteiger partial charge is 0.168 e. The Hall–Kier alpha value is -0.620. The molecule has 1 fully saturated rings. The third kappa shape index (κ3) is 2.80. The second-order valence-corrected chi connectivity index (χ2v) is 5.81. The van der Waals surface area contributed by atoms with E-state index < -0.39 is 0 Å². The van der Waals surface area contributed by atoms with Crippen LogP contribution in [0.15, 0.2) is 0 Å². The Bertz CT molecular complexity index is 353. The van der Waals surface area contributed by atoms with Gasteiger partial charge in [0.25, 0.3) is 0 Å². The first-order valence-corrected chi connectivity index (χ1v) is 7.52. The SMILES string of the molecule is CNC(C)c1nnnn1C1CCCC(SC)C1. The fourth-order valence-corrected chi connectivity index (χ4v) is 3.25. The van der Waals surface area contributed by atoms with E-state index in [1.54, 1.807) is 0 Å². The molecule has 1 aromatic rings. The summed E-state index contributed by atoms with van der Waals surface area (Å²) in [6.45, 7) is 2.09. The van der Waals surface area contributed by atoms with Gasteiger partial charge in [0.1, 0.15) is 0 Å². The van der Waals surface area contributed by atoms with Crippen molar-refractivity contribution in [2.24, 2.45) is 0 Å². The van der Waals surface area contributed by atoms with Gasteiger partial charge in [0, 0.05) is 5.25 Å². The molecule has 0 saturated heterocycles. The first kappa shape index (κ1) is 12.8. The van der Waals surface area contributed by atoms with Crippen LogP contribution in [-0.4, -0.2) is 38.8 Å². The van der Waals surface area contributed by atoms with E-state index in [2.05, 4.69) is 34.0 Å². The van der Waals surface area contributed by atoms with Gasteiger partial charge in [0.05, 0.1) is 12.1 Å². The molecule has 17 heavy (non-hydrogen) atoms. The van der Waals surface area contributed by atoms with Crippen LogP contribution in [0.3, 0.4) is 0 Å². The van der Waals surface area contributed by atoms with Crippen LogP contribution in [0, 0.1) is 0 Å². The van der Waals surface area contributed by atoms with Crippen molar-refractivity contribution in [3.8, 4) is 0 Å². The van der Waals surface area contributed by atoms with Crippen molar-refractivity contribution >= 4 is 11.8 Å². The normalized spacial score (nSPS) is 27.0. The highest BCUT2D eigenvalue weighted by atomic mass is 32.2. The summed E-state index contributed by atoms with van der Waals surface area (Å²) in [5.41, 5.74) is 0. The number of thioether (sulfide) groups is 1. The number of aromatic nitrogens is 4. The molecule has 3 unspecified atom stereocenters. The molecule has 5 nitrogen and oxygen atoms in total. The average molecular weight is 255 g/mol. The minimum Gasteiger partial charge on any atom is -0.311 e. The van der Waals surface area contributed by atoms with E-state index in [1.807, 2.05) is 23.5 Å². The zero-order valence-electron chi connectivity index (χ0n) is 10.8. The van der Waals surface area contributed by atoms with Gasteiger partial charge in [-0.05, 0) is 49.9 Å². The summed E-state index contributed by atoms with van der Waals surface area (Å²) < 4.78 is 2.03. The van der Waals surface area contributed by atoms with Crippen LogP contribution >= 0.6 is 11.8 Å². The van der Waals surface area contributed by atoms with Crippen molar-refractivity contribution in [1.82, 2.24) is 25.5 Å². The molecule has 6 heteroatoms. The van der Waals surface area contributed by atoms with Crippen LogP contribution in [0.25, 0.3) is 0 Å². The molecule has 1 aliphatic carbocycles. The molecule has 0 amide bonds. The number of hydrogen-bond acceptors (Lipinski definition) is 5. The third-order valence-corrected chi connectivity index (χ3v) is 4.71. The van der Waals surface area contributed by atoms with Crippen molar-refractivity contribution in [1.29, 1.82) is 0 Å². The number of nitrogens with one attached hydrogen (secondary N) is 1. The predicted octanol–water partition coefficient (Wildman–Crippen LogP) is 1.80. The Labute approximate surface area is 107 Å². The maximum Gasteiger partial charge on any atom is 0.168 e. The highest BCUT2D eigenvalue weighted by Crippen LogP contribution is 2.34. The summed E-state index contributed by atoms with van der Waals surface area (Å²) in [7, 11) is 1.94. The summed E-state index contributed by atoms with van der Waals surface area (Å²) in [5.74, 6) is 0.958. The molecule has 1 N–H and O–H groups in total. The van der Waals surface area contributed by atoms with Crippen molar-refractivity contribution in [3.05, 3.63) is 5.82 Å². The highest BCUT2D eigenvalue weighted by molar-refractivity contribution is 7.99. The van der Waals surface area contributed by atoms with Crippen LogP contribution in [0.2, 0.25) is 0 Å². The van der Waals surface area contributed by atoms with Crippen molar-refractivity contribution in [2.45, 2.75) is 49.9 Å². The monoisotopic (exact) mass is 255 g/mol. The van der Waals surface area contributed by atoms with Gasteiger partial charge in [-0.1, -0.05) is 6.42 Å². The van der Waals surface area contributed by atoms with Gasteiger partial charge in [-0.3, -0.25) is 0 Å². The van der Waals surface area contributed by atoms with Crippen LogP contribution in [-0.2, 0) is 0 Å². The van der Waals surface area contributed by atoms with E-state index in [0.717, 1.165) is 11.1 Å². The number of nitrogens with zero attached hydrogens (tertiary/aromatic N) is 4. The molecule has 2 rings (SSSR count). The van der Waals surface area contributed by atoms with Crippen LogP contribution in [0.1, 0.15) is 50.5 Å². The van der Waals surface area contributed by atoms with E-state index in [0.29, 0.717) is 6.04 Å². The Morgan fingerprint density at radius 2 is 2.29 bits per heavy atom. The lowest BCUT2D eigenvalue weighted by Gasteiger charge is -2.28. The molecule has 0 aromatic carbocycles. The maximum atomic E-state index is 4.18. The van der Waals surface area contributed by atoms with Gasteiger partial charge in [0.2, 0.25) is 0 Å².